The Hall–Kier alpha value is -2.75. The van der Waals surface area contributed by atoms with Crippen LogP contribution in [-0.2, 0) is 23.9 Å². The highest BCUT2D eigenvalue weighted by atomic mass is 35.5. The molecular weight excluding hydrogens is 502 g/mol. The van der Waals surface area contributed by atoms with Crippen molar-refractivity contribution in [2.45, 2.75) is 18.3 Å². The van der Waals surface area contributed by atoms with Crippen molar-refractivity contribution >= 4 is 28.9 Å². The number of carbonyl (C=O) groups excluding carboxylic acids is 1. The number of aromatic nitrogens is 5. The molecule has 0 N–H and O–H groups in total. The Bertz CT molecular complexity index is 1180. The molecule has 0 aromatic carbocycles. The Morgan fingerprint density at radius 1 is 1.16 bits per heavy atom. The average molecular weight is 510 g/mol. The molecule has 0 radical (unpaired) electrons. The van der Waals surface area contributed by atoms with E-state index < -0.39 is 41.3 Å². The quantitative estimate of drug-likeness (QED) is 0.372. The van der Waals surface area contributed by atoms with Crippen molar-refractivity contribution in [3.63, 3.8) is 0 Å². The summed E-state index contributed by atoms with van der Waals surface area (Å²) in [5.74, 6) is -7.94. The molecule has 0 aliphatic rings. The summed E-state index contributed by atoms with van der Waals surface area (Å²) in [6, 6.07) is 1.20. The van der Waals surface area contributed by atoms with E-state index in [1.165, 1.54) is 6.07 Å². The predicted octanol–water partition coefficient (Wildman–Crippen LogP) is 4.84. The first-order chi connectivity index (χ1) is 14.6. The summed E-state index contributed by atoms with van der Waals surface area (Å²) in [6.07, 6.45) is -11.2. The highest BCUT2D eigenvalue weighted by Gasteiger charge is 2.64. The van der Waals surface area contributed by atoms with Gasteiger partial charge in [-0.3, -0.25) is 0 Å². The number of hydrogen-bond donors (Lipinski definition) is 0. The fraction of sp³-hybridized carbons (Fsp3) is 0.333. The van der Waals surface area contributed by atoms with E-state index in [2.05, 4.69) is 20.1 Å². The van der Waals surface area contributed by atoms with Crippen LogP contribution in [0, 0.1) is 0 Å². The Labute approximate surface area is 181 Å². The Morgan fingerprint density at radius 3 is 2.31 bits per heavy atom. The molecule has 3 rings (SSSR count). The number of ether oxygens (including phenoxy) is 1. The minimum atomic E-state index is -6.33. The number of methoxy groups -OCH3 is 1. The van der Waals surface area contributed by atoms with Gasteiger partial charge in [0, 0.05) is 7.05 Å². The van der Waals surface area contributed by atoms with E-state index in [0.717, 1.165) is 31.7 Å². The van der Waals surface area contributed by atoms with Crippen LogP contribution in [-0.4, -0.2) is 44.0 Å². The maximum atomic E-state index is 13.8. The van der Waals surface area contributed by atoms with Crippen molar-refractivity contribution in [3.05, 3.63) is 33.4 Å². The van der Waals surface area contributed by atoms with Gasteiger partial charge < -0.3 is 4.74 Å². The summed E-state index contributed by atoms with van der Waals surface area (Å²) in [5, 5.41) is 9.75. The van der Waals surface area contributed by atoms with Gasteiger partial charge in [0.15, 0.2) is 11.5 Å². The van der Waals surface area contributed by atoms with Gasteiger partial charge in [-0.05, 0) is 6.07 Å². The van der Waals surface area contributed by atoms with Gasteiger partial charge in [-0.15, -0.1) is 16.4 Å². The third-order valence-electron chi connectivity index (χ3n) is 4.01. The monoisotopic (exact) mass is 509 g/mol. The molecular formula is C15H8ClF8N5O2S. The van der Waals surface area contributed by atoms with Crippen LogP contribution in [0.4, 0.5) is 35.1 Å². The second-order valence-electron chi connectivity index (χ2n) is 6.08. The highest BCUT2D eigenvalue weighted by Crippen LogP contribution is 2.49. The van der Waals surface area contributed by atoms with Gasteiger partial charge in [-0.25, -0.2) is 14.2 Å². The fourth-order valence-electron chi connectivity index (χ4n) is 2.62. The van der Waals surface area contributed by atoms with E-state index in [4.69, 9.17) is 11.6 Å². The van der Waals surface area contributed by atoms with Crippen molar-refractivity contribution in [2.24, 2.45) is 7.05 Å². The molecule has 0 amide bonds. The zero-order chi connectivity index (χ0) is 24.2. The largest absolute Gasteiger partial charge is 0.465 e. The number of nitrogens with zero attached hydrogens (tertiary/aromatic N) is 5. The van der Waals surface area contributed by atoms with Crippen LogP contribution >= 0.6 is 22.9 Å². The average Bonchev–Trinajstić information content (AvgIpc) is 3.35. The lowest BCUT2D eigenvalue weighted by Gasteiger charge is -2.19. The maximum Gasteiger partial charge on any atom is 0.459 e. The number of rotatable bonds is 4. The second kappa shape index (κ2) is 7.68. The summed E-state index contributed by atoms with van der Waals surface area (Å²) in [6.45, 7) is 0. The molecule has 0 spiro atoms. The van der Waals surface area contributed by atoms with Crippen molar-refractivity contribution in [1.29, 1.82) is 0 Å². The van der Waals surface area contributed by atoms with E-state index in [0.29, 0.717) is 4.68 Å². The molecule has 0 atom stereocenters. The zero-order valence-electron chi connectivity index (χ0n) is 15.5. The standard InChI is InChI=1S/C15H8ClF8N5O2S/c1-28-11(8(14(19,20)21)9(26-28)13(17,18)15(22,23)24)29-4-6(25-27-29)7-3-5(10(16)32-7)12(30)31-2/h3-4H,1-2H3. The normalized spacial score (nSPS) is 13.0. The number of carbonyl (C=O) groups is 1. The molecule has 17 heteroatoms. The molecule has 3 aromatic heterocycles. The van der Waals surface area contributed by atoms with Gasteiger partial charge in [-0.1, -0.05) is 16.8 Å². The van der Waals surface area contributed by atoms with Gasteiger partial charge >= 0.3 is 24.2 Å². The molecule has 3 heterocycles. The van der Waals surface area contributed by atoms with Gasteiger partial charge in [0.1, 0.15) is 15.6 Å². The van der Waals surface area contributed by atoms with Crippen LogP contribution in [0.1, 0.15) is 21.6 Å². The van der Waals surface area contributed by atoms with Crippen LogP contribution in [0.2, 0.25) is 4.34 Å². The minimum Gasteiger partial charge on any atom is -0.465 e. The summed E-state index contributed by atoms with van der Waals surface area (Å²) in [4.78, 5) is 11.8. The molecule has 174 valence electrons. The first kappa shape index (κ1) is 23.9. The van der Waals surface area contributed by atoms with Crippen molar-refractivity contribution in [3.8, 4) is 16.4 Å². The second-order valence-corrected chi connectivity index (χ2v) is 7.73. The lowest BCUT2D eigenvalue weighted by Crippen LogP contribution is -2.36. The molecule has 0 bridgehead atoms. The van der Waals surface area contributed by atoms with Crippen LogP contribution in [0.5, 0.6) is 0 Å². The number of thiophene rings is 1. The Morgan fingerprint density at radius 2 is 1.78 bits per heavy atom. The number of aryl methyl sites for hydroxylation is 1. The number of alkyl halides is 8. The summed E-state index contributed by atoms with van der Waals surface area (Å²) in [5.41, 5.74) is -5.09. The SMILES string of the molecule is COC(=O)c1cc(-c2cn(-c3c(C(F)(F)F)c(C(F)(F)C(F)(F)F)nn3C)nn2)sc1Cl. The molecule has 32 heavy (non-hydrogen) atoms. The first-order valence-electron chi connectivity index (χ1n) is 7.99. The van der Waals surface area contributed by atoms with Gasteiger partial charge in [-0.2, -0.15) is 40.2 Å². The number of halogens is 9. The smallest absolute Gasteiger partial charge is 0.459 e. The fourth-order valence-corrected chi connectivity index (χ4v) is 3.82. The minimum absolute atomic E-state index is 0.0370. The molecule has 0 saturated carbocycles. The topological polar surface area (TPSA) is 74.8 Å². The van der Waals surface area contributed by atoms with E-state index in [1.807, 2.05) is 0 Å². The molecule has 0 aliphatic heterocycles. The number of esters is 1. The number of hydrogen-bond acceptors (Lipinski definition) is 6. The third-order valence-corrected chi connectivity index (χ3v) is 5.39. The summed E-state index contributed by atoms with van der Waals surface area (Å²) in [7, 11) is 1.82. The molecule has 3 aromatic rings. The van der Waals surface area contributed by atoms with Crippen LogP contribution in [0.3, 0.4) is 0 Å². The van der Waals surface area contributed by atoms with Crippen LogP contribution in [0.25, 0.3) is 16.4 Å². The summed E-state index contributed by atoms with van der Waals surface area (Å²) >= 11 is 6.69. The van der Waals surface area contributed by atoms with Crippen LogP contribution < -0.4 is 0 Å². The van der Waals surface area contributed by atoms with Crippen molar-refractivity contribution in [1.82, 2.24) is 24.8 Å². The maximum absolute atomic E-state index is 13.8. The highest BCUT2D eigenvalue weighted by molar-refractivity contribution is 7.19. The molecule has 0 fully saturated rings. The van der Waals surface area contributed by atoms with Gasteiger partial charge in [0.2, 0.25) is 0 Å². The van der Waals surface area contributed by atoms with Crippen molar-refractivity contribution in [2.75, 3.05) is 7.11 Å². The van der Waals surface area contributed by atoms with Crippen molar-refractivity contribution < 1.29 is 44.7 Å². The van der Waals surface area contributed by atoms with Gasteiger partial charge in [0.25, 0.3) is 0 Å². The predicted molar refractivity (Wildman–Crippen MR) is 92.7 cm³/mol. The lowest BCUT2D eigenvalue weighted by molar-refractivity contribution is -0.292. The Balaban J connectivity index is 2.17. The molecule has 0 unspecified atom stereocenters. The van der Waals surface area contributed by atoms with E-state index in [1.54, 1.807) is 0 Å². The molecule has 0 aliphatic carbocycles. The summed E-state index contributed by atoms with van der Waals surface area (Å²) < 4.78 is 111. The molecule has 0 saturated heterocycles. The first-order valence-corrected chi connectivity index (χ1v) is 9.19. The van der Waals surface area contributed by atoms with Crippen LogP contribution in [0.15, 0.2) is 12.3 Å². The molecule has 7 nitrogen and oxygen atoms in total. The van der Waals surface area contributed by atoms with E-state index in [-0.39, 0.29) is 25.2 Å². The Kier molecular flexibility index (Phi) is 5.74. The lowest BCUT2D eigenvalue weighted by atomic mass is 10.1. The van der Waals surface area contributed by atoms with Gasteiger partial charge in [0.05, 0.1) is 23.7 Å². The van der Waals surface area contributed by atoms with E-state index >= 15 is 0 Å². The van der Waals surface area contributed by atoms with E-state index in [9.17, 15) is 39.9 Å². The third kappa shape index (κ3) is 3.92. The zero-order valence-corrected chi connectivity index (χ0v) is 17.1.